The van der Waals surface area contributed by atoms with Crippen LogP contribution in [0.1, 0.15) is 19.3 Å². The molecule has 2 fully saturated rings. The maximum Gasteiger partial charge on any atom is 0.223 e. The lowest BCUT2D eigenvalue weighted by molar-refractivity contribution is -0.131. The molecule has 0 spiro atoms. The Labute approximate surface area is 102 Å². The van der Waals surface area contributed by atoms with Crippen molar-refractivity contribution in [1.82, 2.24) is 10.2 Å². The van der Waals surface area contributed by atoms with Crippen molar-refractivity contribution in [2.24, 2.45) is 5.92 Å². The maximum absolute atomic E-state index is 12.1. The Morgan fingerprint density at radius 1 is 1.41 bits per heavy atom. The number of nitrogens with one attached hydrogen (secondary N) is 1. The van der Waals surface area contributed by atoms with E-state index in [1.165, 1.54) is 0 Å². The van der Waals surface area contributed by atoms with Crippen molar-refractivity contribution in [2.45, 2.75) is 31.5 Å². The number of carbonyl (C=O) groups excluding carboxylic acids is 1. The van der Waals surface area contributed by atoms with Crippen molar-refractivity contribution in [3.63, 3.8) is 0 Å². The van der Waals surface area contributed by atoms with Gasteiger partial charge in [0.1, 0.15) is 6.10 Å². The molecule has 0 aromatic rings. The Morgan fingerprint density at radius 2 is 2.12 bits per heavy atom. The van der Waals surface area contributed by atoms with Crippen molar-refractivity contribution >= 4 is 5.91 Å². The van der Waals surface area contributed by atoms with Gasteiger partial charge in [-0.05, 0) is 31.8 Å². The van der Waals surface area contributed by atoms with E-state index in [4.69, 9.17) is 4.74 Å². The van der Waals surface area contributed by atoms with Gasteiger partial charge in [0.2, 0.25) is 5.91 Å². The summed E-state index contributed by atoms with van der Waals surface area (Å²) in [6.45, 7) is 2.98. The fourth-order valence-corrected chi connectivity index (χ4v) is 2.65. The second kappa shape index (κ2) is 5.80. The van der Waals surface area contributed by atoms with E-state index in [9.17, 15) is 9.90 Å². The van der Waals surface area contributed by atoms with Gasteiger partial charge in [-0.15, -0.1) is 0 Å². The van der Waals surface area contributed by atoms with Gasteiger partial charge in [-0.1, -0.05) is 0 Å². The highest BCUT2D eigenvalue weighted by Gasteiger charge is 2.34. The predicted octanol–water partition coefficient (Wildman–Crippen LogP) is -0.406. The molecule has 2 atom stereocenters. The number of aliphatic hydroxyl groups excluding tert-OH is 1. The van der Waals surface area contributed by atoms with Crippen LogP contribution in [0.3, 0.4) is 0 Å². The topological polar surface area (TPSA) is 61.8 Å². The third kappa shape index (κ3) is 3.18. The van der Waals surface area contributed by atoms with Crippen LogP contribution < -0.4 is 5.32 Å². The molecule has 2 saturated heterocycles. The van der Waals surface area contributed by atoms with E-state index in [1.54, 1.807) is 12.0 Å². The second-order valence-electron chi connectivity index (χ2n) is 5.04. The number of hydrogen-bond donors (Lipinski definition) is 2. The number of β-amino-alcohol motifs (C(OH)–C–C–N with tert-alkyl or cyclic N) is 1. The number of amides is 1. The van der Waals surface area contributed by atoms with Gasteiger partial charge in [-0.2, -0.15) is 0 Å². The molecule has 0 aromatic carbocycles. The lowest BCUT2D eigenvalue weighted by atomic mass is 9.94. The predicted molar refractivity (Wildman–Crippen MR) is 63.6 cm³/mol. The quantitative estimate of drug-likeness (QED) is 0.706. The van der Waals surface area contributed by atoms with Crippen LogP contribution in [0.25, 0.3) is 0 Å². The SMILES string of the molecule is CO[C@H]1CN(C(=O)CC2CCNCC2)C[C@H]1O. The lowest BCUT2D eigenvalue weighted by Crippen LogP contribution is -2.34. The first-order valence-electron chi connectivity index (χ1n) is 6.40. The third-order valence-corrected chi connectivity index (χ3v) is 3.81. The number of ether oxygens (including phenoxy) is 1. The molecular weight excluding hydrogens is 220 g/mol. The van der Waals surface area contributed by atoms with Crippen LogP contribution in [0.5, 0.6) is 0 Å². The molecule has 2 rings (SSSR count). The van der Waals surface area contributed by atoms with Gasteiger partial charge in [0.25, 0.3) is 0 Å². The first-order valence-corrected chi connectivity index (χ1v) is 6.40. The monoisotopic (exact) mass is 242 g/mol. The Balaban J connectivity index is 1.80. The van der Waals surface area contributed by atoms with E-state index in [2.05, 4.69) is 5.32 Å². The molecule has 2 N–H and O–H groups in total. The van der Waals surface area contributed by atoms with E-state index in [0.29, 0.717) is 25.4 Å². The highest BCUT2D eigenvalue weighted by atomic mass is 16.5. The number of piperidine rings is 1. The minimum atomic E-state index is -0.531. The molecule has 2 heterocycles. The standard InChI is InChI=1S/C12H22N2O3/c1-17-11-8-14(7-10(11)15)12(16)6-9-2-4-13-5-3-9/h9-11,13,15H,2-8H2,1H3/t10-,11+/m1/s1. The van der Waals surface area contributed by atoms with E-state index in [-0.39, 0.29) is 12.0 Å². The first-order chi connectivity index (χ1) is 8.20. The third-order valence-electron chi connectivity index (χ3n) is 3.81. The molecule has 0 aromatic heterocycles. The smallest absolute Gasteiger partial charge is 0.223 e. The van der Waals surface area contributed by atoms with E-state index in [1.807, 2.05) is 0 Å². The fraction of sp³-hybridized carbons (Fsp3) is 0.917. The van der Waals surface area contributed by atoms with Gasteiger partial charge in [0, 0.05) is 26.6 Å². The Hall–Kier alpha value is -0.650. The van der Waals surface area contributed by atoms with Crippen LogP contribution in [0, 0.1) is 5.92 Å². The summed E-state index contributed by atoms with van der Waals surface area (Å²) in [7, 11) is 1.58. The summed E-state index contributed by atoms with van der Waals surface area (Å²) < 4.78 is 5.14. The second-order valence-corrected chi connectivity index (χ2v) is 5.04. The molecule has 2 aliphatic rings. The number of methoxy groups -OCH3 is 1. The number of nitrogens with zero attached hydrogens (tertiary/aromatic N) is 1. The van der Waals surface area contributed by atoms with Gasteiger partial charge in [-0.3, -0.25) is 4.79 Å². The van der Waals surface area contributed by atoms with E-state index >= 15 is 0 Å². The van der Waals surface area contributed by atoms with Crippen molar-refractivity contribution in [2.75, 3.05) is 33.3 Å². The van der Waals surface area contributed by atoms with Gasteiger partial charge >= 0.3 is 0 Å². The highest BCUT2D eigenvalue weighted by Crippen LogP contribution is 2.20. The van der Waals surface area contributed by atoms with Crippen molar-refractivity contribution in [3.05, 3.63) is 0 Å². The zero-order chi connectivity index (χ0) is 12.3. The molecule has 5 nitrogen and oxygen atoms in total. The van der Waals surface area contributed by atoms with Gasteiger partial charge in [0.15, 0.2) is 0 Å². The van der Waals surface area contributed by atoms with Gasteiger partial charge < -0.3 is 20.1 Å². The average molecular weight is 242 g/mol. The highest BCUT2D eigenvalue weighted by molar-refractivity contribution is 5.76. The molecule has 0 aliphatic carbocycles. The van der Waals surface area contributed by atoms with Crippen LogP contribution in [0.15, 0.2) is 0 Å². The molecule has 17 heavy (non-hydrogen) atoms. The largest absolute Gasteiger partial charge is 0.388 e. The average Bonchev–Trinajstić information content (AvgIpc) is 2.72. The number of carbonyl (C=O) groups is 1. The normalized spacial score (nSPS) is 30.8. The molecule has 1 amide bonds. The Bertz CT molecular complexity index is 266. The van der Waals surface area contributed by atoms with Crippen LogP contribution in [-0.2, 0) is 9.53 Å². The first kappa shape index (κ1) is 12.8. The Morgan fingerprint density at radius 3 is 2.71 bits per heavy atom. The molecule has 2 aliphatic heterocycles. The van der Waals surface area contributed by atoms with Gasteiger partial charge in [-0.25, -0.2) is 0 Å². The summed E-state index contributed by atoms with van der Waals surface area (Å²) >= 11 is 0. The number of rotatable bonds is 3. The summed E-state index contributed by atoms with van der Waals surface area (Å²) in [4.78, 5) is 13.8. The molecule has 0 saturated carbocycles. The molecule has 0 unspecified atom stereocenters. The summed E-state index contributed by atoms with van der Waals surface area (Å²) in [6.07, 6.45) is 2.03. The molecule has 0 bridgehead atoms. The number of aliphatic hydroxyl groups is 1. The Kier molecular flexibility index (Phi) is 4.36. The summed E-state index contributed by atoms with van der Waals surface area (Å²) in [6, 6.07) is 0. The van der Waals surface area contributed by atoms with E-state index in [0.717, 1.165) is 25.9 Å². The van der Waals surface area contributed by atoms with Crippen molar-refractivity contribution < 1.29 is 14.6 Å². The van der Waals surface area contributed by atoms with Crippen molar-refractivity contribution in [3.8, 4) is 0 Å². The molecule has 0 radical (unpaired) electrons. The van der Waals surface area contributed by atoms with Crippen LogP contribution in [0.4, 0.5) is 0 Å². The fourth-order valence-electron chi connectivity index (χ4n) is 2.65. The molecule has 98 valence electrons. The van der Waals surface area contributed by atoms with Crippen LogP contribution in [0.2, 0.25) is 0 Å². The van der Waals surface area contributed by atoms with E-state index < -0.39 is 6.10 Å². The van der Waals surface area contributed by atoms with Crippen molar-refractivity contribution in [1.29, 1.82) is 0 Å². The van der Waals surface area contributed by atoms with Gasteiger partial charge in [0.05, 0.1) is 6.10 Å². The molecular formula is C12H22N2O3. The number of hydrogen-bond acceptors (Lipinski definition) is 4. The molecule has 5 heteroatoms. The summed E-state index contributed by atoms with van der Waals surface area (Å²) in [5.74, 6) is 0.665. The number of likely N-dealkylation sites (tertiary alicyclic amines) is 1. The van der Waals surface area contributed by atoms with Crippen LogP contribution in [-0.4, -0.2) is 61.4 Å². The summed E-state index contributed by atoms with van der Waals surface area (Å²) in [5.41, 5.74) is 0. The lowest BCUT2D eigenvalue weighted by Gasteiger charge is -2.24. The minimum absolute atomic E-state index is 0.163. The minimum Gasteiger partial charge on any atom is -0.388 e. The summed E-state index contributed by atoms with van der Waals surface area (Å²) in [5, 5.41) is 13.0. The maximum atomic E-state index is 12.1. The zero-order valence-corrected chi connectivity index (χ0v) is 10.4. The van der Waals surface area contributed by atoms with Crippen LogP contribution >= 0.6 is 0 Å². The zero-order valence-electron chi connectivity index (χ0n) is 10.4.